The number of urea groups is 1. The van der Waals surface area contributed by atoms with Gasteiger partial charge in [-0.2, -0.15) is 0 Å². The zero-order chi connectivity index (χ0) is 17.1. The molecule has 1 N–H and O–H groups in total. The number of carbonyl (C=O) groups excluding carboxylic acids is 1. The van der Waals surface area contributed by atoms with Crippen LogP contribution in [0.15, 0.2) is 28.8 Å². The number of para-hydroxylation sites is 2. The third-order valence-corrected chi connectivity index (χ3v) is 3.99. The zero-order valence-corrected chi connectivity index (χ0v) is 14.0. The molecular formula is C17H21N3O4. The predicted molar refractivity (Wildman–Crippen MR) is 87.2 cm³/mol. The van der Waals surface area contributed by atoms with Crippen molar-refractivity contribution in [3.8, 4) is 11.5 Å². The van der Waals surface area contributed by atoms with E-state index in [1.54, 1.807) is 11.9 Å². The molecule has 2 amide bonds. The summed E-state index contributed by atoms with van der Waals surface area (Å²) in [5, 5.41) is 6.74. The average molecular weight is 331 g/mol. The lowest BCUT2D eigenvalue weighted by molar-refractivity contribution is 0.0715. The normalized spacial score (nSPS) is 15.9. The summed E-state index contributed by atoms with van der Waals surface area (Å²) < 4.78 is 16.6. The van der Waals surface area contributed by atoms with Crippen molar-refractivity contribution in [2.75, 3.05) is 20.2 Å². The van der Waals surface area contributed by atoms with E-state index < -0.39 is 0 Å². The van der Waals surface area contributed by atoms with Gasteiger partial charge in [-0.25, -0.2) is 4.79 Å². The fraction of sp³-hybridized carbons (Fsp3) is 0.412. The molecule has 1 atom stereocenters. The number of rotatable bonds is 4. The van der Waals surface area contributed by atoms with Crippen LogP contribution in [0.1, 0.15) is 17.0 Å². The lowest BCUT2D eigenvalue weighted by Crippen LogP contribution is -2.45. The van der Waals surface area contributed by atoms with Crippen molar-refractivity contribution in [3.05, 3.63) is 41.3 Å². The largest absolute Gasteiger partial charge is 0.486 e. The highest BCUT2D eigenvalue weighted by atomic mass is 16.6. The molecule has 7 heteroatoms. The molecule has 1 aromatic heterocycles. The summed E-state index contributed by atoms with van der Waals surface area (Å²) >= 11 is 0. The summed E-state index contributed by atoms with van der Waals surface area (Å²) in [5.41, 5.74) is 1.69. The number of hydrogen-bond donors (Lipinski definition) is 1. The summed E-state index contributed by atoms with van der Waals surface area (Å²) in [7, 11) is 1.73. The molecule has 128 valence electrons. The molecule has 7 nitrogen and oxygen atoms in total. The molecule has 1 aliphatic heterocycles. The Balaban J connectivity index is 1.52. The van der Waals surface area contributed by atoms with E-state index in [0.717, 1.165) is 22.8 Å². The first-order chi connectivity index (χ1) is 11.5. The average Bonchev–Trinajstić information content (AvgIpc) is 2.90. The first-order valence-corrected chi connectivity index (χ1v) is 7.84. The van der Waals surface area contributed by atoms with Gasteiger partial charge in [0.1, 0.15) is 12.4 Å². The Labute approximate surface area is 140 Å². The fourth-order valence-electron chi connectivity index (χ4n) is 2.59. The van der Waals surface area contributed by atoms with Crippen molar-refractivity contribution in [3.63, 3.8) is 0 Å². The Morgan fingerprint density at radius 3 is 2.79 bits per heavy atom. The summed E-state index contributed by atoms with van der Waals surface area (Å²) in [4.78, 5) is 13.8. The van der Waals surface area contributed by atoms with Gasteiger partial charge in [-0.15, -0.1) is 0 Å². The monoisotopic (exact) mass is 331 g/mol. The minimum absolute atomic E-state index is 0.183. The van der Waals surface area contributed by atoms with Crippen LogP contribution in [0.3, 0.4) is 0 Å². The van der Waals surface area contributed by atoms with Gasteiger partial charge in [0.05, 0.1) is 12.2 Å². The van der Waals surface area contributed by atoms with Gasteiger partial charge in [0, 0.05) is 19.2 Å². The summed E-state index contributed by atoms with van der Waals surface area (Å²) in [6, 6.07) is 7.34. The van der Waals surface area contributed by atoms with E-state index in [2.05, 4.69) is 10.5 Å². The van der Waals surface area contributed by atoms with E-state index in [9.17, 15) is 4.79 Å². The molecule has 2 heterocycles. The SMILES string of the molecule is Cc1noc(C)c1CNC(=O)N(C)C[C@H]1COc2ccccc2O1. The second kappa shape index (κ2) is 6.82. The highest BCUT2D eigenvalue weighted by Gasteiger charge is 2.23. The highest BCUT2D eigenvalue weighted by molar-refractivity contribution is 5.73. The molecule has 24 heavy (non-hydrogen) atoms. The summed E-state index contributed by atoms with van der Waals surface area (Å²) in [6.07, 6.45) is -0.199. The van der Waals surface area contributed by atoms with Crippen LogP contribution < -0.4 is 14.8 Å². The van der Waals surface area contributed by atoms with Crippen LogP contribution in [0.25, 0.3) is 0 Å². The smallest absolute Gasteiger partial charge is 0.317 e. The van der Waals surface area contributed by atoms with Gasteiger partial charge in [0.2, 0.25) is 0 Å². The number of amides is 2. The molecule has 0 spiro atoms. The zero-order valence-electron chi connectivity index (χ0n) is 14.0. The van der Waals surface area contributed by atoms with Crippen molar-refractivity contribution in [1.29, 1.82) is 0 Å². The number of carbonyl (C=O) groups is 1. The molecule has 0 unspecified atom stereocenters. The van der Waals surface area contributed by atoms with E-state index in [1.807, 2.05) is 38.1 Å². The van der Waals surface area contributed by atoms with Crippen molar-refractivity contribution in [1.82, 2.24) is 15.4 Å². The minimum Gasteiger partial charge on any atom is -0.486 e. The van der Waals surface area contributed by atoms with E-state index >= 15 is 0 Å². The van der Waals surface area contributed by atoms with Crippen LogP contribution in [0.2, 0.25) is 0 Å². The van der Waals surface area contributed by atoms with E-state index in [1.165, 1.54) is 0 Å². The quantitative estimate of drug-likeness (QED) is 0.930. The minimum atomic E-state index is -0.199. The maximum absolute atomic E-state index is 12.2. The number of nitrogens with zero attached hydrogens (tertiary/aromatic N) is 2. The fourth-order valence-corrected chi connectivity index (χ4v) is 2.59. The van der Waals surface area contributed by atoms with Crippen molar-refractivity contribution < 1.29 is 18.8 Å². The van der Waals surface area contributed by atoms with Gasteiger partial charge in [-0.1, -0.05) is 17.3 Å². The Hall–Kier alpha value is -2.70. The molecule has 2 aromatic rings. The van der Waals surface area contributed by atoms with Crippen molar-refractivity contribution in [2.24, 2.45) is 0 Å². The van der Waals surface area contributed by atoms with Crippen LogP contribution in [0.4, 0.5) is 4.79 Å². The van der Waals surface area contributed by atoms with E-state index in [4.69, 9.17) is 14.0 Å². The van der Waals surface area contributed by atoms with Crippen LogP contribution in [0, 0.1) is 13.8 Å². The number of hydrogen-bond acceptors (Lipinski definition) is 5. The first kappa shape index (κ1) is 16.2. The molecule has 0 fully saturated rings. The van der Waals surface area contributed by atoms with Crippen molar-refractivity contribution >= 4 is 6.03 Å². The lowest BCUT2D eigenvalue weighted by atomic mass is 10.2. The Kier molecular flexibility index (Phi) is 4.59. The molecule has 0 aliphatic carbocycles. The number of likely N-dealkylation sites (N-methyl/N-ethyl adjacent to an activating group) is 1. The topological polar surface area (TPSA) is 76.8 Å². The highest BCUT2D eigenvalue weighted by Crippen LogP contribution is 2.30. The van der Waals surface area contributed by atoms with Gasteiger partial charge >= 0.3 is 6.03 Å². The number of aromatic nitrogens is 1. The Morgan fingerprint density at radius 2 is 2.08 bits per heavy atom. The van der Waals surface area contributed by atoms with Crippen LogP contribution in [-0.2, 0) is 6.54 Å². The third kappa shape index (κ3) is 3.45. The Morgan fingerprint density at radius 1 is 1.33 bits per heavy atom. The maximum atomic E-state index is 12.2. The van der Waals surface area contributed by atoms with Gasteiger partial charge in [-0.3, -0.25) is 0 Å². The third-order valence-electron chi connectivity index (χ3n) is 3.99. The number of fused-ring (bicyclic) bond motifs is 1. The molecule has 3 rings (SSSR count). The first-order valence-electron chi connectivity index (χ1n) is 7.84. The maximum Gasteiger partial charge on any atom is 0.317 e. The van der Waals surface area contributed by atoms with Gasteiger partial charge < -0.3 is 24.2 Å². The summed E-state index contributed by atoms with van der Waals surface area (Å²) in [5.74, 6) is 2.16. The standard InChI is InChI=1S/C17H21N3O4/c1-11-14(12(2)24-19-11)8-18-17(21)20(3)9-13-10-22-15-6-4-5-7-16(15)23-13/h4-7,13H,8-10H2,1-3H3,(H,18,21)/t13-/m0/s1. The molecule has 1 aliphatic rings. The van der Waals surface area contributed by atoms with Gasteiger partial charge in [0.15, 0.2) is 17.6 Å². The van der Waals surface area contributed by atoms with Gasteiger partial charge in [-0.05, 0) is 26.0 Å². The molecule has 1 aromatic carbocycles. The van der Waals surface area contributed by atoms with Crippen LogP contribution in [0.5, 0.6) is 11.5 Å². The Bertz CT molecular complexity index is 709. The number of benzene rings is 1. The second-order valence-electron chi connectivity index (χ2n) is 5.84. The van der Waals surface area contributed by atoms with Crippen LogP contribution in [-0.4, -0.2) is 42.4 Å². The van der Waals surface area contributed by atoms with E-state index in [-0.39, 0.29) is 12.1 Å². The van der Waals surface area contributed by atoms with Crippen LogP contribution >= 0.6 is 0 Å². The number of ether oxygens (including phenoxy) is 2. The second-order valence-corrected chi connectivity index (χ2v) is 5.84. The summed E-state index contributed by atoms with van der Waals surface area (Å²) in [6.45, 7) is 4.91. The molecule has 0 saturated heterocycles. The van der Waals surface area contributed by atoms with E-state index in [0.29, 0.717) is 25.4 Å². The molecule has 0 saturated carbocycles. The van der Waals surface area contributed by atoms with Crippen molar-refractivity contribution in [2.45, 2.75) is 26.5 Å². The molecule has 0 radical (unpaired) electrons. The van der Waals surface area contributed by atoms with Gasteiger partial charge in [0.25, 0.3) is 0 Å². The number of nitrogens with one attached hydrogen (secondary N) is 1. The number of aryl methyl sites for hydroxylation is 2. The molecule has 0 bridgehead atoms. The lowest BCUT2D eigenvalue weighted by Gasteiger charge is -2.29. The molecular weight excluding hydrogens is 310 g/mol. The predicted octanol–water partition coefficient (Wildman–Crippen LogP) is 2.27.